The van der Waals surface area contributed by atoms with Crippen molar-refractivity contribution >= 4 is 11.6 Å². The van der Waals surface area contributed by atoms with E-state index in [2.05, 4.69) is 24.5 Å². The summed E-state index contributed by atoms with van der Waals surface area (Å²) in [6.45, 7) is 2.09. The maximum atomic E-state index is 5.62. The van der Waals surface area contributed by atoms with Crippen LogP contribution in [-0.4, -0.2) is 19.0 Å². The molecule has 0 unspecified atom stereocenters. The van der Waals surface area contributed by atoms with Crippen LogP contribution in [0, 0.1) is 6.92 Å². The second-order valence-corrected chi connectivity index (χ2v) is 4.88. The second kappa shape index (κ2) is 5.87. The van der Waals surface area contributed by atoms with Gasteiger partial charge in [-0.25, -0.2) is 10.8 Å². The van der Waals surface area contributed by atoms with Crippen molar-refractivity contribution in [3.05, 3.63) is 29.8 Å². The van der Waals surface area contributed by atoms with Gasteiger partial charge in [-0.2, -0.15) is 0 Å². The third-order valence-electron chi connectivity index (χ3n) is 3.55. The lowest BCUT2D eigenvalue weighted by molar-refractivity contribution is 0.696. The lowest BCUT2D eigenvalue weighted by Gasteiger charge is -2.23. The fourth-order valence-corrected chi connectivity index (χ4v) is 2.48. The topological polar surface area (TPSA) is 53.6 Å². The molecule has 0 saturated heterocycles. The molecule has 0 aliphatic heterocycles. The fourth-order valence-electron chi connectivity index (χ4n) is 2.48. The molecule has 0 bridgehead atoms. The Labute approximate surface area is 109 Å². The molecule has 0 atom stereocenters. The quantitative estimate of drug-likeness (QED) is 0.364. The summed E-state index contributed by atoms with van der Waals surface area (Å²) in [5.41, 5.74) is 5.08. The van der Waals surface area contributed by atoms with Crippen LogP contribution in [-0.2, 0) is 0 Å². The normalized spacial score (nSPS) is 16.9. The van der Waals surface area contributed by atoms with Gasteiger partial charge in [-0.15, -0.1) is 0 Å². The molecule has 2 rings (SSSR count). The van der Waals surface area contributed by atoms with Gasteiger partial charge in [0.15, 0.2) is 0 Å². The highest BCUT2D eigenvalue weighted by Crippen LogP contribution is 2.22. The molecule has 0 radical (unpaired) electrons. The van der Waals surface area contributed by atoms with E-state index in [-0.39, 0.29) is 0 Å². The zero-order chi connectivity index (χ0) is 13.0. The van der Waals surface area contributed by atoms with Gasteiger partial charge in [-0.3, -0.25) is 5.43 Å². The van der Waals surface area contributed by atoms with E-state index in [0.29, 0.717) is 6.04 Å². The van der Waals surface area contributed by atoms with Crippen LogP contribution in [0.4, 0.5) is 5.69 Å². The van der Waals surface area contributed by atoms with E-state index in [9.17, 15) is 0 Å². The number of anilines is 1. The Kier molecular flexibility index (Phi) is 4.20. The number of para-hydroxylation sites is 1. The maximum absolute atomic E-state index is 5.62. The highest BCUT2D eigenvalue weighted by Gasteiger charge is 2.17. The van der Waals surface area contributed by atoms with Gasteiger partial charge in [0.2, 0.25) is 5.96 Å². The van der Waals surface area contributed by atoms with Gasteiger partial charge in [-0.1, -0.05) is 31.0 Å². The van der Waals surface area contributed by atoms with Gasteiger partial charge < -0.3 is 4.90 Å². The Hall–Kier alpha value is -1.55. The molecule has 98 valence electrons. The number of hydrogen-bond acceptors (Lipinski definition) is 2. The largest absolute Gasteiger partial charge is 0.314 e. The number of hydrogen-bond donors (Lipinski definition) is 2. The SMILES string of the molecule is Cc1ccccc1N(C)C(=NC1CCCC1)NN. The van der Waals surface area contributed by atoms with E-state index in [1.54, 1.807) is 0 Å². The number of nitrogens with zero attached hydrogens (tertiary/aromatic N) is 2. The average molecular weight is 246 g/mol. The van der Waals surface area contributed by atoms with E-state index >= 15 is 0 Å². The van der Waals surface area contributed by atoms with Crippen LogP contribution in [0.15, 0.2) is 29.3 Å². The van der Waals surface area contributed by atoms with E-state index in [4.69, 9.17) is 10.8 Å². The van der Waals surface area contributed by atoms with Crippen molar-refractivity contribution in [1.82, 2.24) is 5.43 Å². The standard InChI is InChI=1S/C14H22N4/c1-11-7-3-6-10-13(11)18(2)14(17-15)16-12-8-4-5-9-12/h3,6-7,10,12H,4-5,8-9,15H2,1-2H3,(H,16,17). The highest BCUT2D eigenvalue weighted by atomic mass is 15.4. The number of aryl methyl sites for hydroxylation is 1. The lowest BCUT2D eigenvalue weighted by Crippen LogP contribution is -2.43. The highest BCUT2D eigenvalue weighted by molar-refractivity contribution is 5.95. The number of guanidine groups is 1. The van der Waals surface area contributed by atoms with Crippen molar-refractivity contribution in [3.8, 4) is 0 Å². The fraction of sp³-hybridized carbons (Fsp3) is 0.500. The van der Waals surface area contributed by atoms with Gasteiger partial charge in [0.1, 0.15) is 0 Å². The Morgan fingerprint density at radius 3 is 2.61 bits per heavy atom. The summed E-state index contributed by atoms with van der Waals surface area (Å²) in [5.74, 6) is 6.36. The molecule has 1 aromatic carbocycles. The summed E-state index contributed by atoms with van der Waals surface area (Å²) in [4.78, 5) is 6.74. The molecule has 1 aliphatic rings. The summed E-state index contributed by atoms with van der Waals surface area (Å²) in [6, 6.07) is 8.66. The van der Waals surface area contributed by atoms with E-state index in [1.807, 2.05) is 24.1 Å². The number of benzene rings is 1. The van der Waals surface area contributed by atoms with Gasteiger partial charge in [0, 0.05) is 12.7 Å². The summed E-state index contributed by atoms with van der Waals surface area (Å²) in [6.07, 6.45) is 4.90. The van der Waals surface area contributed by atoms with Crippen LogP contribution in [0.2, 0.25) is 0 Å². The molecule has 3 N–H and O–H groups in total. The third-order valence-corrected chi connectivity index (χ3v) is 3.55. The maximum Gasteiger partial charge on any atom is 0.212 e. The minimum atomic E-state index is 0.419. The molecule has 0 amide bonds. The monoisotopic (exact) mass is 246 g/mol. The Balaban J connectivity index is 2.19. The number of rotatable bonds is 2. The first-order valence-electron chi connectivity index (χ1n) is 6.56. The van der Waals surface area contributed by atoms with E-state index < -0.39 is 0 Å². The zero-order valence-electron chi connectivity index (χ0n) is 11.2. The number of nitrogens with two attached hydrogens (primary N) is 1. The summed E-state index contributed by atoms with van der Waals surface area (Å²) in [5, 5.41) is 0. The van der Waals surface area contributed by atoms with Crippen molar-refractivity contribution in [2.45, 2.75) is 38.6 Å². The molecular weight excluding hydrogens is 224 g/mol. The molecule has 1 saturated carbocycles. The predicted octanol–water partition coefficient (Wildman–Crippen LogP) is 2.19. The molecule has 0 heterocycles. The number of hydrazine groups is 1. The van der Waals surface area contributed by atoms with Crippen LogP contribution in [0.5, 0.6) is 0 Å². The smallest absolute Gasteiger partial charge is 0.212 e. The molecule has 1 fully saturated rings. The average Bonchev–Trinajstić information content (AvgIpc) is 2.88. The van der Waals surface area contributed by atoms with Gasteiger partial charge in [0.25, 0.3) is 0 Å². The van der Waals surface area contributed by atoms with Crippen molar-refractivity contribution in [2.24, 2.45) is 10.8 Å². The summed E-state index contributed by atoms with van der Waals surface area (Å²) >= 11 is 0. The molecular formula is C14H22N4. The minimum absolute atomic E-state index is 0.419. The second-order valence-electron chi connectivity index (χ2n) is 4.88. The molecule has 1 aromatic rings. The third kappa shape index (κ3) is 2.82. The van der Waals surface area contributed by atoms with Crippen LogP contribution in [0.3, 0.4) is 0 Å². The summed E-state index contributed by atoms with van der Waals surface area (Å²) < 4.78 is 0. The summed E-state index contributed by atoms with van der Waals surface area (Å²) in [7, 11) is 2.00. The minimum Gasteiger partial charge on any atom is -0.314 e. The van der Waals surface area contributed by atoms with Crippen molar-refractivity contribution in [3.63, 3.8) is 0 Å². The van der Waals surface area contributed by atoms with Crippen molar-refractivity contribution < 1.29 is 0 Å². The van der Waals surface area contributed by atoms with Crippen LogP contribution < -0.4 is 16.2 Å². The first kappa shape index (κ1) is 12.9. The molecule has 4 nitrogen and oxygen atoms in total. The Bertz CT molecular complexity index is 422. The van der Waals surface area contributed by atoms with E-state index in [0.717, 1.165) is 11.6 Å². The number of aliphatic imine (C=N–C) groups is 1. The van der Waals surface area contributed by atoms with Gasteiger partial charge in [0.05, 0.1) is 6.04 Å². The Morgan fingerprint density at radius 1 is 1.33 bits per heavy atom. The van der Waals surface area contributed by atoms with Crippen molar-refractivity contribution in [2.75, 3.05) is 11.9 Å². The number of nitrogens with one attached hydrogen (secondary N) is 1. The predicted molar refractivity (Wildman–Crippen MR) is 76.6 cm³/mol. The van der Waals surface area contributed by atoms with Crippen LogP contribution in [0.25, 0.3) is 0 Å². The van der Waals surface area contributed by atoms with Gasteiger partial charge in [-0.05, 0) is 31.4 Å². The zero-order valence-corrected chi connectivity index (χ0v) is 11.2. The van der Waals surface area contributed by atoms with E-state index in [1.165, 1.54) is 31.2 Å². The molecule has 18 heavy (non-hydrogen) atoms. The lowest BCUT2D eigenvalue weighted by atomic mass is 10.2. The molecule has 0 spiro atoms. The van der Waals surface area contributed by atoms with Gasteiger partial charge >= 0.3 is 0 Å². The van der Waals surface area contributed by atoms with Crippen LogP contribution >= 0.6 is 0 Å². The molecule has 0 aromatic heterocycles. The Morgan fingerprint density at radius 2 is 2.00 bits per heavy atom. The van der Waals surface area contributed by atoms with Crippen molar-refractivity contribution in [1.29, 1.82) is 0 Å². The first-order chi connectivity index (χ1) is 8.72. The molecule has 1 aliphatic carbocycles. The molecule has 4 heteroatoms. The van der Waals surface area contributed by atoms with Crippen LogP contribution in [0.1, 0.15) is 31.2 Å². The first-order valence-corrected chi connectivity index (χ1v) is 6.56.